The zero-order valence-electron chi connectivity index (χ0n) is 14.6. The highest BCUT2D eigenvalue weighted by atomic mass is 16.5. The number of hydrogen-bond donors (Lipinski definition) is 2. The average molecular weight is 346 g/mol. The third-order valence-corrected chi connectivity index (χ3v) is 3.59. The molecule has 0 unspecified atom stereocenters. The van der Waals surface area contributed by atoms with Gasteiger partial charge in [0.05, 0.1) is 19.8 Å². The van der Waals surface area contributed by atoms with Crippen LogP contribution < -0.4 is 14.2 Å². The third kappa shape index (κ3) is 5.96. The Bertz CT molecular complexity index is 624. The highest BCUT2D eigenvalue weighted by Gasteiger charge is 2.09. The molecule has 5 nitrogen and oxygen atoms in total. The van der Waals surface area contributed by atoms with E-state index in [0.717, 1.165) is 36.3 Å². The number of aliphatic hydroxyl groups is 2. The van der Waals surface area contributed by atoms with Gasteiger partial charge in [0.2, 0.25) is 0 Å². The molecule has 0 spiro atoms. The second kappa shape index (κ2) is 10.6. The van der Waals surface area contributed by atoms with Gasteiger partial charge in [0.15, 0.2) is 0 Å². The molecule has 0 aliphatic heterocycles. The fraction of sp³-hybridized carbons (Fsp3) is 0.400. The molecule has 0 saturated heterocycles. The van der Waals surface area contributed by atoms with Gasteiger partial charge in [0, 0.05) is 11.6 Å². The van der Waals surface area contributed by atoms with E-state index in [4.69, 9.17) is 24.4 Å². The first-order valence-electron chi connectivity index (χ1n) is 8.63. The first kappa shape index (κ1) is 19.1. The molecule has 0 aliphatic rings. The average Bonchev–Trinajstić information content (AvgIpc) is 2.65. The SMILES string of the molecule is CCCCOc1ccc(-c2ccc(OCCO)cc2OCCO)cc1. The van der Waals surface area contributed by atoms with E-state index in [-0.39, 0.29) is 26.4 Å². The molecule has 0 amide bonds. The molecule has 2 aromatic carbocycles. The van der Waals surface area contributed by atoms with E-state index >= 15 is 0 Å². The van der Waals surface area contributed by atoms with Crippen molar-refractivity contribution in [1.29, 1.82) is 0 Å². The molecule has 0 aliphatic carbocycles. The van der Waals surface area contributed by atoms with E-state index in [0.29, 0.717) is 11.5 Å². The van der Waals surface area contributed by atoms with Crippen molar-refractivity contribution in [1.82, 2.24) is 0 Å². The smallest absolute Gasteiger partial charge is 0.130 e. The summed E-state index contributed by atoms with van der Waals surface area (Å²) >= 11 is 0. The van der Waals surface area contributed by atoms with Gasteiger partial charge in [-0.25, -0.2) is 0 Å². The van der Waals surface area contributed by atoms with Gasteiger partial charge in [-0.1, -0.05) is 25.5 Å². The fourth-order valence-corrected chi connectivity index (χ4v) is 2.33. The van der Waals surface area contributed by atoms with Crippen LogP contribution in [0, 0.1) is 0 Å². The van der Waals surface area contributed by atoms with Crippen molar-refractivity contribution in [3.8, 4) is 28.4 Å². The molecule has 0 bridgehead atoms. The Morgan fingerprint density at radius 2 is 1.40 bits per heavy atom. The maximum atomic E-state index is 9.03. The molecule has 0 aromatic heterocycles. The number of unbranched alkanes of at least 4 members (excludes halogenated alkanes) is 1. The van der Waals surface area contributed by atoms with Crippen LogP contribution in [0.25, 0.3) is 11.1 Å². The van der Waals surface area contributed by atoms with E-state index in [1.165, 1.54) is 0 Å². The molecular weight excluding hydrogens is 320 g/mol. The Balaban J connectivity index is 2.17. The first-order chi connectivity index (χ1) is 12.3. The van der Waals surface area contributed by atoms with Crippen molar-refractivity contribution in [3.63, 3.8) is 0 Å². The Hall–Kier alpha value is -2.24. The van der Waals surface area contributed by atoms with Gasteiger partial charge in [0.25, 0.3) is 0 Å². The summed E-state index contributed by atoms with van der Waals surface area (Å²) in [6, 6.07) is 13.4. The van der Waals surface area contributed by atoms with Crippen LogP contribution in [0.2, 0.25) is 0 Å². The predicted octanol–water partition coefficient (Wildman–Crippen LogP) is 3.27. The quantitative estimate of drug-likeness (QED) is 0.611. The Kier molecular flexibility index (Phi) is 8.09. The standard InChI is InChI=1S/C20H26O5/c1-2-3-12-23-17-6-4-16(5-7-17)19-9-8-18(24-13-10-21)15-20(19)25-14-11-22/h4-9,15,21-22H,2-3,10-14H2,1H3. The van der Waals surface area contributed by atoms with Gasteiger partial charge in [-0.2, -0.15) is 0 Å². The summed E-state index contributed by atoms with van der Waals surface area (Å²) in [7, 11) is 0. The summed E-state index contributed by atoms with van der Waals surface area (Å²) in [6.07, 6.45) is 2.14. The maximum Gasteiger partial charge on any atom is 0.130 e. The van der Waals surface area contributed by atoms with Gasteiger partial charge in [-0.15, -0.1) is 0 Å². The summed E-state index contributed by atoms with van der Waals surface area (Å²) in [4.78, 5) is 0. The van der Waals surface area contributed by atoms with Crippen LogP contribution in [-0.4, -0.2) is 43.2 Å². The maximum absolute atomic E-state index is 9.03. The Morgan fingerprint density at radius 1 is 0.760 bits per heavy atom. The minimum Gasteiger partial charge on any atom is -0.494 e. The number of hydrogen-bond acceptors (Lipinski definition) is 5. The summed E-state index contributed by atoms with van der Waals surface area (Å²) < 4.78 is 16.8. The van der Waals surface area contributed by atoms with Crippen molar-refractivity contribution < 1.29 is 24.4 Å². The first-order valence-corrected chi connectivity index (χ1v) is 8.63. The Morgan fingerprint density at radius 3 is 2.08 bits per heavy atom. The van der Waals surface area contributed by atoms with Crippen LogP contribution in [0.4, 0.5) is 0 Å². The monoisotopic (exact) mass is 346 g/mol. The minimum atomic E-state index is -0.0641. The molecule has 0 saturated carbocycles. The van der Waals surface area contributed by atoms with Crippen molar-refractivity contribution in [3.05, 3.63) is 42.5 Å². The second-order valence-electron chi connectivity index (χ2n) is 5.53. The number of rotatable bonds is 11. The lowest BCUT2D eigenvalue weighted by Crippen LogP contribution is -2.05. The summed E-state index contributed by atoms with van der Waals surface area (Å²) in [6.45, 7) is 3.17. The molecule has 0 heterocycles. The molecular formula is C20H26O5. The lowest BCUT2D eigenvalue weighted by atomic mass is 10.0. The number of aliphatic hydroxyl groups excluding tert-OH is 2. The van der Waals surface area contributed by atoms with Crippen LogP contribution in [0.15, 0.2) is 42.5 Å². The van der Waals surface area contributed by atoms with Gasteiger partial charge in [0.1, 0.15) is 30.5 Å². The number of ether oxygens (including phenoxy) is 3. The third-order valence-electron chi connectivity index (χ3n) is 3.59. The molecule has 2 rings (SSSR count). The van der Waals surface area contributed by atoms with Crippen molar-refractivity contribution in [2.24, 2.45) is 0 Å². The van der Waals surface area contributed by atoms with Crippen LogP contribution in [0.1, 0.15) is 19.8 Å². The van der Waals surface area contributed by atoms with Crippen LogP contribution in [-0.2, 0) is 0 Å². The van der Waals surface area contributed by atoms with Gasteiger partial charge in [-0.05, 0) is 36.2 Å². The van der Waals surface area contributed by atoms with E-state index in [1.807, 2.05) is 36.4 Å². The topological polar surface area (TPSA) is 68.2 Å². The Labute approximate surface area is 148 Å². The highest BCUT2D eigenvalue weighted by molar-refractivity contribution is 5.72. The molecule has 25 heavy (non-hydrogen) atoms. The molecule has 0 fully saturated rings. The molecule has 2 aromatic rings. The summed E-state index contributed by atoms with van der Waals surface area (Å²) in [5.41, 5.74) is 1.90. The highest BCUT2D eigenvalue weighted by Crippen LogP contribution is 2.34. The fourth-order valence-electron chi connectivity index (χ4n) is 2.33. The molecule has 0 radical (unpaired) electrons. The largest absolute Gasteiger partial charge is 0.494 e. The van der Waals surface area contributed by atoms with E-state index < -0.39 is 0 Å². The zero-order valence-corrected chi connectivity index (χ0v) is 14.6. The van der Waals surface area contributed by atoms with E-state index in [9.17, 15) is 0 Å². The van der Waals surface area contributed by atoms with Crippen LogP contribution >= 0.6 is 0 Å². The lowest BCUT2D eigenvalue weighted by molar-refractivity contribution is 0.195. The minimum absolute atomic E-state index is 0.0475. The number of benzene rings is 2. The molecule has 136 valence electrons. The molecule has 2 N–H and O–H groups in total. The van der Waals surface area contributed by atoms with Crippen LogP contribution in [0.3, 0.4) is 0 Å². The summed E-state index contributed by atoms with van der Waals surface area (Å²) in [5.74, 6) is 2.09. The van der Waals surface area contributed by atoms with Gasteiger partial charge in [-0.3, -0.25) is 0 Å². The zero-order chi connectivity index (χ0) is 17.9. The predicted molar refractivity (Wildman–Crippen MR) is 97.4 cm³/mol. The normalized spacial score (nSPS) is 10.5. The van der Waals surface area contributed by atoms with Crippen molar-refractivity contribution in [2.45, 2.75) is 19.8 Å². The van der Waals surface area contributed by atoms with Crippen molar-refractivity contribution >= 4 is 0 Å². The van der Waals surface area contributed by atoms with E-state index in [2.05, 4.69) is 6.92 Å². The molecule has 0 atom stereocenters. The lowest BCUT2D eigenvalue weighted by Gasteiger charge is -2.14. The van der Waals surface area contributed by atoms with E-state index in [1.54, 1.807) is 6.07 Å². The second-order valence-corrected chi connectivity index (χ2v) is 5.53. The van der Waals surface area contributed by atoms with Crippen LogP contribution in [0.5, 0.6) is 17.2 Å². The van der Waals surface area contributed by atoms with Crippen molar-refractivity contribution in [2.75, 3.05) is 33.0 Å². The van der Waals surface area contributed by atoms with Gasteiger partial charge < -0.3 is 24.4 Å². The molecule has 5 heteroatoms. The summed E-state index contributed by atoms with van der Waals surface area (Å²) in [5, 5.41) is 17.9. The van der Waals surface area contributed by atoms with Gasteiger partial charge >= 0.3 is 0 Å².